The summed E-state index contributed by atoms with van der Waals surface area (Å²) in [5, 5.41) is 18.7. The van der Waals surface area contributed by atoms with Gasteiger partial charge in [-0.05, 0) is 32.1 Å². The van der Waals surface area contributed by atoms with Gasteiger partial charge in [0.25, 0.3) is 0 Å². The number of amides is 1. The van der Waals surface area contributed by atoms with Gasteiger partial charge in [-0.2, -0.15) is 0 Å². The minimum absolute atomic E-state index is 0.0347. The molecule has 1 aromatic rings. The molecule has 1 unspecified atom stereocenters. The van der Waals surface area contributed by atoms with Gasteiger partial charge >= 0.3 is 17.8 Å². The summed E-state index contributed by atoms with van der Waals surface area (Å²) < 4.78 is 3.20. The van der Waals surface area contributed by atoms with Gasteiger partial charge in [0.15, 0.2) is 0 Å². The number of carboxylic acid groups (broad SMARTS) is 2. The molecule has 1 aromatic heterocycles. The third kappa shape index (κ3) is 3.98. The molecule has 1 fully saturated rings. The lowest BCUT2D eigenvalue weighted by molar-refractivity contribution is -0.143. The van der Waals surface area contributed by atoms with Gasteiger partial charge in [-0.15, -0.1) is 0 Å². The van der Waals surface area contributed by atoms with Gasteiger partial charge in [0.1, 0.15) is 6.04 Å². The molecule has 0 bridgehead atoms. The van der Waals surface area contributed by atoms with E-state index in [9.17, 15) is 24.6 Å². The van der Waals surface area contributed by atoms with Gasteiger partial charge in [-0.3, -0.25) is 14.0 Å². The van der Waals surface area contributed by atoms with Crippen LogP contribution in [0.2, 0.25) is 0 Å². The first kappa shape index (κ1) is 18.1. The fourth-order valence-electron chi connectivity index (χ4n) is 2.98. The number of hydrogen-bond acceptors (Lipinski definition) is 3. The maximum atomic E-state index is 12.4. The summed E-state index contributed by atoms with van der Waals surface area (Å²) in [6.07, 6.45) is 2.63. The Bertz CT molecular complexity index is 672. The van der Waals surface area contributed by atoms with Crippen molar-refractivity contribution in [3.63, 3.8) is 0 Å². The summed E-state index contributed by atoms with van der Waals surface area (Å²) in [5.74, 6) is -1.11. The number of aliphatic carboxylic acids is 1. The number of nitrogens with zero attached hydrogens (tertiary/aromatic N) is 3. The molecule has 0 radical (unpaired) electrons. The third-order valence-electron chi connectivity index (χ3n) is 4.27. The highest BCUT2D eigenvalue weighted by Crippen LogP contribution is 2.34. The summed E-state index contributed by atoms with van der Waals surface area (Å²) in [5.41, 5.74) is 0.692. The van der Waals surface area contributed by atoms with E-state index in [1.165, 1.54) is 4.57 Å². The summed E-state index contributed by atoms with van der Waals surface area (Å²) in [6.45, 7) is 5.66. The van der Waals surface area contributed by atoms with Crippen molar-refractivity contribution in [1.29, 1.82) is 0 Å². The molecule has 8 heteroatoms. The fourth-order valence-corrected chi connectivity index (χ4v) is 2.98. The maximum Gasteiger partial charge on any atom is 0.408 e. The van der Waals surface area contributed by atoms with E-state index in [0.717, 1.165) is 23.4 Å². The first-order chi connectivity index (χ1) is 11.2. The van der Waals surface area contributed by atoms with Crippen molar-refractivity contribution in [2.45, 2.75) is 58.7 Å². The standard InChI is InChI=1S/C16H25N3O5/c1-10(2)8-13(14(20)21)18(16(23)24)7-6-17-9-11(3)19(15(17)22)12-4-5-12/h9-10,12-13H,4-8H2,1-3H3,(H,20,21)(H,23,24). The van der Waals surface area contributed by atoms with Gasteiger partial charge in [-0.1, -0.05) is 13.8 Å². The average Bonchev–Trinajstić information content (AvgIpc) is 3.24. The predicted octanol–water partition coefficient (Wildman–Crippen LogP) is 1.77. The Morgan fingerprint density at radius 2 is 1.96 bits per heavy atom. The van der Waals surface area contributed by atoms with Crippen molar-refractivity contribution in [2.24, 2.45) is 5.92 Å². The Hall–Kier alpha value is -2.25. The molecule has 1 heterocycles. The van der Waals surface area contributed by atoms with E-state index in [2.05, 4.69) is 0 Å². The average molecular weight is 339 g/mol. The topological polar surface area (TPSA) is 105 Å². The van der Waals surface area contributed by atoms with Crippen LogP contribution in [-0.2, 0) is 11.3 Å². The summed E-state index contributed by atoms with van der Waals surface area (Å²) in [7, 11) is 0. The lowest BCUT2D eigenvalue weighted by Gasteiger charge is -2.27. The zero-order valence-electron chi connectivity index (χ0n) is 14.3. The van der Waals surface area contributed by atoms with Gasteiger partial charge in [-0.25, -0.2) is 14.4 Å². The Morgan fingerprint density at radius 3 is 2.42 bits per heavy atom. The Morgan fingerprint density at radius 1 is 1.33 bits per heavy atom. The zero-order chi connectivity index (χ0) is 18.0. The number of rotatable bonds is 8. The molecule has 0 aromatic carbocycles. The Kier molecular flexibility index (Phi) is 5.36. The Labute approximate surface area is 140 Å². The molecule has 1 amide bonds. The zero-order valence-corrected chi connectivity index (χ0v) is 14.3. The molecule has 1 atom stereocenters. The van der Waals surface area contributed by atoms with E-state index in [-0.39, 0.29) is 37.2 Å². The number of imidazole rings is 1. The minimum Gasteiger partial charge on any atom is -0.480 e. The van der Waals surface area contributed by atoms with Crippen LogP contribution in [-0.4, -0.2) is 48.9 Å². The highest BCUT2D eigenvalue weighted by atomic mass is 16.4. The molecule has 8 nitrogen and oxygen atoms in total. The largest absolute Gasteiger partial charge is 0.480 e. The van der Waals surface area contributed by atoms with Crippen molar-refractivity contribution < 1.29 is 19.8 Å². The Balaban J connectivity index is 2.14. The molecule has 134 valence electrons. The van der Waals surface area contributed by atoms with E-state index >= 15 is 0 Å². The molecule has 1 aliphatic carbocycles. The van der Waals surface area contributed by atoms with Crippen LogP contribution in [0.25, 0.3) is 0 Å². The highest BCUT2D eigenvalue weighted by Gasteiger charge is 2.31. The normalized spacial score (nSPS) is 15.5. The van der Waals surface area contributed by atoms with Crippen molar-refractivity contribution in [1.82, 2.24) is 14.0 Å². The van der Waals surface area contributed by atoms with Crippen molar-refractivity contribution in [3.05, 3.63) is 22.4 Å². The number of aromatic nitrogens is 2. The molecule has 24 heavy (non-hydrogen) atoms. The molecule has 2 rings (SSSR count). The maximum absolute atomic E-state index is 12.4. The lowest BCUT2D eigenvalue weighted by atomic mass is 10.0. The predicted molar refractivity (Wildman–Crippen MR) is 87.3 cm³/mol. The second-order valence-corrected chi connectivity index (χ2v) is 6.81. The molecule has 2 N–H and O–H groups in total. The van der Waals surface area contributed by atoms with Crippen LogP contribution < -0.4 is 5.69 Å². The highest BCUT2D eigenvalue weighted by molar-refractivity contribution is 5.79. The lowest BCUT2D eigenvalue weighted by Crippen LogP contribution is -2.47. The number of carbonyl (C=O) groups is 2. The van der Waals surface area contributed by atoms with Crippen molar-refractivity contribution >= 4 is 12.1 Å². The van der Waals surface area contributed by atoms with Crippen molar-refractivity contribution in [2.75, 3.05) is 6.54 Å². The van der Waals surface area contributed by atoms with Crippen molar-refractivity contribution in [3.8, 4) is 0 Å². The van der Waals surface area contributed by atoms with Gasteiger partial charge in [0, 0.05) is 31.0 Å². The minimum atomic E-state index is -1.28. The number of aryl methyl sites for hydroxylation is 1. The van der Waals surface area contributed by atoms with E-state index in [4.69, 9.17) is 0 Å². The summed E-state index contributed by atoms with van der Waals surface area (Å²) >= 11 is 0. The van der Waals surface area contributed by atoms with Crippen LogP contribution in [0.15, 0.2) is 11.0 Å². The van der Waals surface area contributed by atoms with Gasteiger partial charge < -0.3 is 10.2 Å². The summed E-state index contributed by atoms with van der Waals surface area (Å²) in [4.78, 5) is 36.2. The van der Waals surface area contributed by atoms with Crippen LogP contribution in [0.5, 0.6) is 0 Å². The first-order valence-electron chi connectivity index (χ1n) is 8.23. The van der Waals surface area contributed by atoms with Crippen LogP contribution in [0, 0.1) is 12.8 Å². The van der Waals surface area contributed by atoms with E-state index in [1.54, 1.807) is 10.8 Å². The van der Waals surface area contributed by atoms with Crippen LogP contribution in [0.1, 0.15) is 44.8 Å². The molecular formula is C16H25N3O5. The molecule has 0 spiro atoms. The number of carboxylic acids is 1. The van der Waals surface area contributed by atoms with E-state index in [1.807, 2.05) is 20.8 Å². The molecule has 0 saturated heterocycles. The van der Waals surface area contributed by atoms with E-state index < -0.39 is 18.1 Å². The second kappa shape index (κ2) is 7.11. The molecule has 1 saturated carbocycles. The first-order valence-corrected chi connectivity index (χ1v) is 8.23. The molecule has 1 aliphatic rings. The van der Waals surface area contributed by atoms with Crippen LogP contribution in [0.3, 0.4) is 0 Å². The van der Waals surface area contributed by atoms with Crippen LogP contribution >= 0.6 is 0 Å². The smallest absolute Gasteiger partial charge is 0.408 e. The fraction of sp³-hybridized carbons (Fsp3) is 0.688. The molecular weight excluding hydrogens is 314 g/mol. The van der Waals surface area contributed by atoms with Gasteiger partial charge in [0.2, 0.25) is 0 Å². The monoisotopic (exact) mass is 339 g/mol. The second-order valence-electron chi connectivity index (χ2n) is 6.81. The number of hydrogen-bond donors (Lipinski definition) is 2. The summed E-state index contributed by atoms with van der Waals surface area (Å²) in [6, 6.07) is -0.855. The van der Waals surface area contributed by atoms with Gasteiger partial charge in [0.05, 0.1) is 0 Å². The quantitative estimate of drug-likeness (QED) is 0.751. The third-order valence-corrected chi connectivity index (χ3v) is 4.27. The SMILES string of the molecule is Cc1cn(CCN(C(=O)O)C(CC(C)C)C(=O)O)c(=O)n1C1CC1. The van der Waals surface area contributed by atoms with Crippen LogP contribution in [0.4, 0.5) is 4.79 Å². The van der Waals surface area contributed by atoms with E-state index in [0.29, 0.717) is 0 Å². The molecule has 0 aliphatic heterocycles.